The zero-order valence-corrected chi connectivity index (χ0v) is 12.8. The van der Waals surface area contributed by atoms with Crippen molar-refractivity contribution >= 4 is 15.9 Å². The summed E-state index contributed by atoms with van der Waals surface area (Å²) in [4.78, 5) is 0.248. The Hall–Kier alpha value is -1.31. The van der Waals surface area contributed by atoms with E-state index in [-0.39, 0.29) is 4.83 Å². The van der Waals surface area contributed by atoms with Gasteiger partial charge in [-0.3, -0.25) is 0 Å². The van der Waals surface area contributed by atoms with Crippen LogP contribution in [-0.2, 0) is 13.1 Å². The summed E-state index contributed by atoms with van der Waals surface area (Å²) in [5.74, 6) is 0.813. The second kappa shape index (κ2) is 6.74. The first kappa shape index (κ1) is 14.1. The van der Waals surface area contributed by atoms with Gasteiger partial charge in [-0.15, -0.1) is 10.2 Å². The fraction of sp³-hybridized carbons (Fsp3) is 0.727. The highest BCUT2D eigenvalue weighted by Crippen LogP contribution is 2.23. The Morgan fingerprint density at radius 3 is 2.84 bits per heavy atom. The lowest BCUT2D eigenvalue weighted by Crippen LogP contribution is -2.10. The number of aromatic nitrogens is 7. The van der Waals surface area contributed by atoms with E-state index in [0.717, 1.165) is 37.3 Å². The average Bonchev–Trinajstić information content (AvgIpc) is 3.05. The van der Waals surface area contributed by atoms with E-state index >= 15 is 0 Å². The lowest BCUT2D eigenvalue weighted by atomic mass is 10.3. The van der Waals surface area contributed by atoms with E-state index in [0.29, 0.717) is 6.54 Å². The summed E-state index contributed by atoms with van der Waals surface area (Å²) in [6, 6.07) is 0. The minimum Gasteiger partial charge on any atom is -0.245 e. The van der Waals surface area contributed by atoms with Crippen LogP contribution in [-0.4, -0.2) is 35.2 Å². The number of rotatable bonds is 7. The Morgan fingerprint density at radius 2 is 2.11 bits per heavy atom. The molecule has 0 bridgehead atoms. The molecular weight excluding hydrogens is 310 g/mol. The Bertz CT molecular complexity index is 507. The molecule has 0 radical (unpaired) electrons. The van der Waals surface area contributed by atoms with Gasteiger partial charge in [-0.05, 0) is 23.3 Å². The van der Waals surface area contributed by atoms with Gasteiger partial charge in [0, 0.05) is 6.54 Å². The number of nitrogens with zero attached hydrogens (tertiary/aromatic N) is 7. The molecule has 2 aromatic rings. The second-order valence-corrected chi connectivity index (χ2v) is 5.49. The maximum Gasteiger partial charge on any atom is 0.172 e. The lowest BCUT2D eigenvalue weighted by Gasteiger charge is -2.03. The number of hydrogen-bond donors (Lipinski definition) is 0. The molecule has 8 heteroatoms. The predicted molar refractivity (Wildman–Crippen MR) is 73.8 cm³/mol. The molecule has 1 unspecified atom stereocenters. The van der Waals surface area contributed by atoms with Crippen LogP contribution < -0.4 is 0 Å². The third kappa shape index (κ3) is 3.59. The minimum atomic E-state index is 0.248. The third-order valence-corrected chi connectivity index (χ3v) is 3.99. The first-order valence-electron chi connectivity index (χ1n) is 6.53. The van der Waals surface area contributed by atoms with Crippen molar-refractivity contribution in [3.05, 3.63) is 17.7 Å². The van der Waals surface area contributed by atoms with Crippen molar-refractivity contribution in [3.8, 4) is 0 Å². The molecule has 0 N–H and O–H groups in total. The normalized spacial score (nSPS) is 12.8. The van der Waals surface area contributed by atoms with Gasteiger partial charge in [-0.2, -0.15) is 0 Å². The summed E-state index contributed by atoms with van der Waals surface area (Å²) in [5, 5.41) is 20.0. The fourth-order valence-corrected chi connectivity index (χ4v) is 1.92. The molecule has 0 saturated carbocycles. The van der Waals surface area contributed by atoms with Gasteiger partial charge in [-0.25, -0.2) is 9.36 Å². The van der Waals surface area contributed by atoms with Crippen molar-refractivity contribution in [2.45, 2.75) is 51.0 Å². The van der Waals surface area contributed by atoms with Crippen LogP contribution in [0.1, 0.15) is 49.5 Å². The Kier molecular flexibility index (Phi) is 5.00. The number of halogens is 1. The SMILES string of the molecule is CCCCn1nnnc1Cn1cc(C(Br)CC)nn1. The Labute approximate surface area is 120 Å². The summed E-state index contributed by atoms with van der Waals surface area (Å²) in [6.07, 6.45) is 5.10. The molecular formula is C11H18BrN7. The lowest BCUT2D eigenvalue weighted by molar-refractivity contribution is 0.511. The van der Waals surface area contributed by atoms with Crippen molar-refractivity contribution in [1.82, 2.24) is 35.2 Å². The van der Waals surface area contributed by atoms with Crippen LogP contribution in [0.2, 0.25) is 0 Å². The highest BCUT2D eigenvalue weighted by molar-refractivity contribution is 9.09. The zero-order chi connectivity index (χ0) is 13.7. The first-order chi connectivity index (χ1) is 9.24. The number of tetrazole rings is 1. The van der Waals surface area contributed by atoms with Crippen LogP contribution in [0.3, 0.4) is 0 Å². The predicted octanol–water partition coefficient (Wildman–Crippen LogP) is 1.96. The molecule has 0 aromatic carbocycles. The van der Waals surface area contributed by atoms with E-state index in [1.54, 1.807) is 4.68 Å². The van der Waals surface area contributed by atoms with Gasteiger partial charge in [0.05, 0.1) is 16.7 Å². The van der Waals surface area contributed by atoms with Gasteiger partial charge in [0.2, 0.25) is 0 Å². The summed E-state index contributed by atoms with van der Waals surface area (Å²) in [6.45, 7) is 5.64. The molecule has 0 aliphatic rings. The molecule has 0 aliphatic heterocycles. The van der Waals surface area contributed by atoms with Gasteiger partial charge < -0.3 is 0 Å². The van der Waals surface area contributed by atoms with E-state index in [1.807, 2.05) is 10.9 Å². The molecule has 2 heterocycles. The molecule has 19 heavy (non-hydrogen) atoms. The number of alkyl halides is 1. The number of hydrogen-bond acceptors (Lipinski definition) is 5. The van der Waals surface area contributed by atoms with Crippen LogP contribution in [0, 0.1) is 0 Å². The van der Waals surface area contributed by atoms with Gasteiger partial charge in [0.25, 0.3) is 0 Å². The number of unbranched alkanes of at least 4 members (excludes halogenated alkanes) is 1. The monoisotopic (exact) mass is 327 g/mol. The highest BCUT2D eigenvalue weighted by Gasteiger charge is 2.12. The van der Waals surface area contributed by atoms with Crippen molar-refractivity contribution in [2.24, 2.45) is 0 Å². The van der Waals surface area contributed by atoms with Gasteiger partial charge >= 0.3 is 0 Å². The Balaban J connectivity index is 2.04. The zero-order valence-electron chi connectivity index (χ0n) is 11.2. The Morgan fingerprint density at radius 1 is 1.26 bits per heavy atom. The summed E-state index contributed by atoms with van der Waals surface area (Å²) >= 11 is 3.56. The van der Waals surface area contributed by atoms with Crippen LogP contribution in [0.15, 0.2) is 6.20 Å². The summed E-state index contributed by atoms with van der Waals surface area (Å²) < 4.78 is 3.60. The molecule has 0 aliphatic carbocycles. The van der Waals surface area contributed by atoms with Crippen LogP contribution >= 0.6 is 15.9 Å². The largest absolute Gasteiger partial charge is 0.245 e. The van der Waals surface area contributed by atoms with Gasteiger partial charge in [0.15, 0.2) is 5.82 Å². The molecule has 2 aromatic heterocycles. The smallest absolute Gasteiger partial charge is 0.172 e. The van der Waals surface area contributed by atoms with Crippen molar-refractivity contribution in [3.63, 3.8) is 0 Å². The topological polar surface area (TPSA) is 74.3 Å². The molecule has 2 rings (SSSR count). The summed E-state index contributed by atoms with van der Waals surface area (Å²) in [7, 11) is 0. The molecule has 0 spiro atoms. The van der Waals surface area contributed by atoms with E-state index in [4.69, 9.17) is 0 Å². The fourth-order valence-electron chi connectivity index (χ4n) is 1.71. The molecule has 0 saturated heterocycles. The maximum atomic E-state index is 4.15. The number of aryl methyl sites for hydroxylation is 1. The van der Waals surface area contributed by atoms with Crippen LogP contribution in [0.4, 0.5) is 0 Å². The average molecular weight is 328 g/mol. The first-order valence-corrected chi connectivity index (χ1v) is 7.45. The van der Waals surface area contributed by atoms with Gasteiger partial charge in [-0.1, -0.05) is 41.4 Å². The summed E-state index contributed by atoms with van der Waals surface area (Å²) in [5.41, 5.74) is 0.940. The highest BCUT2D eigenvalue weighted by atomic mass is 79.9. The third-order valence-electron chi connectivity index (χ3n) is 2.87. The molecule has 1 atom stereocenters. The van der Waals surface area contributed by atoms with Crippen molar-refractivity contribution in [1.29, 1.82) is 0 Å². The molecule has 104 valence electrons. The minimum absolute atomic E-state index is 0.248. The van der Waals surface area contributed by atoms with Crippen molar-refractivity contribution in [2.75, 3.05) is 0 Å². The van der Waals surface area contributed by atoms with E-state index in [2.05, 4.69) is 55.6 Å². The molecule has 0 fully saturated rings. The quantitative estimate of drug-likeness (QED) is 0.727. The van der Waals surface area contributed by atoms with Gasteiger partial charge in [0.1, 0.15) is 6.54 Å². The van der Waals surface area contributed by atoms with E-state index in [9.17, 15) is 0 Å². The molecule has 7 nitrogen and oxygen atoms in total. The van der Waals surface area contributed by atoms with Crippen molar-refractivity contribution < 1.29 is 0 Å². The maximum absolute atomic E-state index is 4.15. The second-order valence-electron chi connectivity index (χ2n) is 4.39. The van der Waals surface area contributed by atoms with Crippen LogP contribution in [0.5, 0.6) is 0 Å². The van der Waals surface area contributed by atoms with E-state index < -0.39 is 0 Å². The van der Waals surface area contributed by atoms with Crippen LogP contribution in [0.25, 0.3) is 0 Å². The standard InChI is InChI=1S/C11H18BrN7/c1-3-5-6-19-11(14-15-17-19)8-18-7-10(13-16-18)9(12)4-2/h7,9H,3-6,8H2,1-2H3. The molecule has 0 amide bonds. The van der Waals surface area contributed by atoms with E-state index in [1.165, 1.54) is 0 Å².